The summed E-state index contributed by atoms with van der Waals surface area (Å²) in [7, 11) is 0. The van der Waals surface area contributed by atoms with Gasteiger partial charge in [0, 0.05) is 14.3 Å². The maximum absolute atomic E-state index is 11.9. The molecular weight excluding hydrogens is 477 g/mol. The highest BCUT2D eigenvalue weighted by Gasteiger charge is 2.12. The molecule has 0 aliphatic carbocycles. The van der Waals surface area contributed by atoms with E-state index >= 15 is 0 Å². The molecule has 1 aromatic heterocycles. The number of aromatic amines is 1. The molecule has 128 valence electrons. The summed E-state index contributed by atoms with van der Waals surface area (Å²) in [5.41, 5.74) is 0.867. The zero-order valence-electron chi connectivity index (χ0n) is 12.5. The molecule has 0 unspecified atom stereocenters. The van der Waals surface area contributed by atoms with Crippen molar-refractivity contribution in [1.82, 2.24) is 4.98 Å². The molecular formula is C16H10Br2ClN3O3. The number of amides is 1. The number of benzene rings is 2. The standard InChI is InChI=1S/C16H10Br2ClN3O3/c17-8-1-3-12-10(5-8)15(16(24)20-12)22-21-14(23)7-25-13-4-2-9(18)6-11(13)19/h1-6,20,24H,7H2. The van der Waals surface area contributed by atoms with Crippen molar-refractivity contribution in [3.8, 4) is 11.6 Å². The molecule has 0 radical (unpaired) electrons. The van der Waals surface area contributed by atoms with E-state index in [1.807, 2.05) is 6.07 Å². The molecule has 6 nitrogen and oxygen atoms in total. The Hall–Kier alpha value is -1.90. The summed E-state index contributed by atoms with van der Waals surface area (Å²) >= 11 is 12.6. The topological polar surface area (TPSA) is 87.0 Å². The van der Waals surface area contributed by atoms with Crippen LogP contribution in [0.4, 0.5) is 5.69 Å². The van der Waals surface area contributed by atoms with Gasteiger partial charge in [-0.25, -0.2) is 0 Å². The summed E-state index contributed by atoms with van der Waals surface area (Å²) in [6.45, 7) is -0.322. The number of H-pyrrole nitrogens is 1. The molecule has 0 saturated heterocycles. The van der Waals surface area contributed by atoms with Gasteiger partial charge < -0.3 is 14.8 Å². The summed E-state index contributed by atoms with van der Waals surface area (Å²) in [4.78, 5) is 14.6. The molecule has 3 aromatic rings. The molecule has 2 N–H and O–H groups in total. The third-order valence-corrected chi connectivity index (χ3v) is 4.50. The first kappa shape index (κ1) is 17.9. The molecule has 0 spiro atoms. The minimum atomic E-state index is -0.609. The molecule has 3 rings (SSSR count). The zero-order valence-corrected chi connectivity index (χ0v) is 16.4. The van der Waals surface area contributed by atoms with E-state index in [4.69, 9.17) is 16.3 Å². The SMILES string of the molecule is O=C(COc1ccc(Br)cc1Cl)N=Nc1c(O)[nH]c2ccc(Br)cc12. The monoisotopic (exact) mass is 485 g/mol. The van der Waals surface area contributed by atoms with Crippen molar-refractivity contribution >= 4 is 66.0 Å². The summed E-state index contributed by atoms with van der Waals surface area (Å²) in [6.07, 6.45) is 0. The van der Waals surface area contributed by atoms with Crippen molar-refractivity contribution in [2.24, 2.45) is 10.2 Å². The normalized spacial score (nSPS) is 11.3. The van der Waals surface area contributed by atoms with Crippen molar-refractivity contribution in [3.63, 3.8) is 0 Å². The first-order valence-corrected chi connectivity index (χ1v) is 8.93. The number of hydrogen-bond acceptors (Lipinski definition) is 4. The van der Waals surface area contributed by atoms with Gasteiger partial charge in [0.1, 0.15) is 5.75 Å². The minimum absolute atomic E-state index is 0.165. The van der Waals surface area contributed by atoms with Crippen LogP contribution in [0.2, 0.25) is 5.02 Å². The number of azo groups is 1. The number of aromatic hydroxyl groups is 1. The van der Waals surface area contributed by atoms with Gasteiger partial charge in [-0.15, -0.1) is 10.2 Å². The van der Waals surface area contributed by atoms with Gasteiger partial charge in [0.05, 0.1) is 10.5 Å². The number of carbonyl (C=O) groups is 1. The number of rotatable bonds is 4. The minimum Gasteiger partial charge on any atom is -0.493 e. The van der Waals surface area contributed by atoms with Gasteiger partial charge in [0.25, 0.3) is 0 Å². The second-order valence-corrected chi connectivity index (χ2v) is 7.21. The van der Waals surface area contributed by atoms with Crippen LogP contribution >= 0.6 is 43.5 Å². The van der Waals surface area contributed by atoms with Gasteiger partial charge in [-0.3, -0.25) is 4.79 Å². The predicted molar refractivity (Wildman–Crippen MR) is 102 cm³/mol. The summed E-state index contributed by atoms with van der Waals surface area (Å²) < 4.78 is 6.94. The lowest BCUT2D eigenvalue weighted by Gasteiger charge is -2.05. The fourth-order valence-electron chi connectivity index (χ4n) is 2.10. The Kier molecular flexibility index (Phi) is 5.41. The molecule has 0 bridgehead atoms. The van der Waals surface area contributed by atoms with Gasteiger partial charge in [0.2, 0.25) is 5.88 Å². The van der Waals surface area contributed by atoms with E-state index in [1.54, 1.807) is 30.3 Å². The average molecular weight is 488 g/mol. The average Bonchev–Trinajstić information content (AvgIpc) is 2.87. The molecule has 1 heterocycles. The number of nitrogens with one attached hydrogen (secondary N) is 1. The molecule has 0 aliphatic heterocycles. The first-order chi connectivity index (χ1) is 11.9. The quantitative estimate of drug-likeness (QED) is 0.460. The van der Waals surface area contributed by atoms with Crippen LogP contribution in [0.25, 0.3) is 10.9 Å². The Morgan fingerprint density at radius 3 is 2.68 bits per heavy atom. The van der Waals surface area contributed by atoms with E-state index in [9.17, 15) is 9.90 Å². The lowest BCUT2D eigenvalue weighted by atomic mass is 10.2. The molecule has 25 heavy (non-hydrogen) atoms. The lowest BCUT2D eigenvalue weighted by molar-refractivity contribution is -0.120. The van der Waals surface area contributed by atoms with Gasteiger partial charge >= 0.3 is 5.91 Å². The molecule has 0 atom stereocenters. The van der Waals surface area contributed by atoms with Crippen molar-refractivity contribution < 1.29 is 14.6 Å². The molecule has 0 fully saturated rings. The smallest absolute Gasteiger partial charge is 0.302 e. The number of halogens is 3. The Bertz CT molecular complexity index is 988. The molecule has 0 aliphatic rings. The maximum Gasteiger partial charge on any atom is 0.302 e. The Morgan fingerprint density at radius 2 is 1.92 bits per heavy atom. The fourth-order valence-corrected chi connectivity index (χ4v) is 3.19. The molecule has 2 aromatic carbocycles. The second-order valence-electron chi connectivity index (χ2n) is 4.97. The number of aromatic nitrogens is 1. The van der Waals surface area contributed by atoms with Crippen molar-refractivity contribution in [2.45, 2.75) is 0 Å². The van der Waals surface area contributed by atoms with Gasteiger partial charge in [0.15, 0.2) is 12.3 Å². The summed E-state index contributed by atoms with van der Waals surface area (Å²) in [5.74, 6) is -0.406. The summed E-state index contributed by atoms with van der Waals surface area (Å²) in [6, 6.07) is 10.4. The fraction of sp³-hybridized carbons (Fsp3) is 0.0625. The Morgan fingerprint density at radius 1 is 1.20 bits per heavy atom. The van der Waals surface area contributed by atoms with Crippen LogP contribution in [0.5, 0.6) is 11.6 Å². The van der Waals surface area contributed by atoms with E-state index in [-0.39, 0.29) is 18.2 Å². The van der Waals surface area contributed by atoms with Crippen molar-refractivity contribution in [2.75, 3.05) is 6.61 Å². The Balaban J connectivity index is 1.72. The third kappa shape index (κ3) is 4.20. The number of fused-ring (bicyclic) bond motifs is 1. The van der Waals surface area contributed by atoms with E-state index in [0.717, 1.165) is 8.95 Å². The highest BCUT2D eigenvalue weighted by Crippen LogP contribution is 2.36. The molecule has 9 heteroatoms. The van der Waals surface area contributed by atoms with Crippen LogP contribution < -0.4 is 4.74 Å². The second kappa shape index (κ2) is 7.55. The number of nitrogens with zero attached hydrogens (tertiary/aromatic N) is 2. The maximum atomic E-state index is 11.9. The van der Waals surface area contributed by atoms with Crippen molar-refractivity contribution in [1.29, 1.82) is 0 Å². The number of ether oxygens (including phenoxy) is 1. The largest absolute Gasteiger partial charge is 0.493 e. The highest BCUT2D eigenvalue weighted by molar-refractivity contribution is 9.10. The molecule has 1 amide bonds. The van der Waals surface area contributed by atoms with E-state index < -0.39 is 5.91 Å². The van der Waals surface area contributed by atoms with Crippen LogP contribution in [-0.2, 0) is 4.79 Å². The number of carbonyl (C=O) groups excluding carboxylic acids is 1. The zero-order chi connectivity index (χ0) is 18.0. The first-order valence-electron chi connectivity index (χ1n) is 6.96. The lowest BCUT2D eigenvalue weighted by Crippen LogP contribution is -2.08. The van der Waals surface area contributed by atoms with Crippen LogP contribution in [0.3, 0.4) is 0 Å². The Labute approximate surface area is 164 Å². The van der Waals surface area contributed by atoms with Gasteiger partial charge in [-0.05, 0) is 36.4 Å². The van der Waals surface area contributed by atoms with Gasteiger partial charge in [-0.2, -0.15) is 0 Å². The highest BCUT2D eigenvalue weighted by atomic mass is 79.9. The van der Waals surface area contributed by atoms with Crippen LogP contribution in [0.1, 0.15) is 0 Å². The van der Waals surface area contributed by atoms with E-state index in [1.165, 1.54) is 0 Å². The third-order valence-electron chi connectivity index (χ3n) is 3.22. The van der Waals surface area contributed by atoms with Crippen LogP contribution in [0, 0.1) is 0 Å². The van der Waals surface area contributed by atoms with E-state index in [0.29, 0.717) is 21.7 Å². The number of hydrogen-bond donors (Lipinski definition) is 2. The summed E-state index contributed by atoms with van der Waals surface area (Å²) in [5, 5.41) is 18.4. The van der Waals surface area contributed by atoms with E-state index in [2.05, 4.69) is 47.1 Å². The molecule has 0 saturated carbocycles. The van der Waals surface area contributed by atoms with Gasteiger partial charge in [-0.1, -0.05) is 43.5 Å². The predicted octanol–water partition coefficient (Wildman–Crippen LogP) is 5.74. The van der Waals surface area contributed by atoms with Crippen molar-refractivity contribution in [3.05, 3.63) is 50.4 Å². The van der Waals surface area contributed by atoms with Crippen LogP contribution in [0.15, 0.2) is 55.6 Å². The van der Waals surface area contributed by atoms with Crippen LogP contribution in [-0.4, -0.2) is 22.6 Å².